The number of halogens is 2. The van der Waals surface area contributed by atoms with Crippen molar-refractivity contribution in [3.8, 4) is 11.5 Å². The van der Waals surface area contributed by atoms with Gasteiger partial charge in [0, 0.05) is 5.02 Å². The van der Waals surface area contributed by atoms with Gasteiger partial charge in [-0.25, -0.2) is 4.39 Å². The van der Waals surface area contributed by atoms with Gasteiger partial charge in [-0.1, -0.05) is 17.7 Å². The molecule has 1 amide bonds. The van der Waals surface area contributed by atoms with E-state index in [9.17, 15) is 9.18 Å². The van der Waals surface area contributed by atoms with Crippen molar-refractivity contribution in [2.24, 2.45) is 0 Å². The molecule has 0 radical (unpaired) electrons. The summed E-state index contributed by atoms with van der Waals surface area (Å²) in [5.41, 5.74) is 0.711. The Labute approximate surface area is 139 Å². The van der Waals surface area contributed by atoms with Crippen LogP contribution in [0.5, 0.6) is 11.5 Å². The van der Waals surface area contributed by atoms with Gasteiger partial charge in [0.15, 0.2) is 11.5 Å². The van der Waals surface area contributed by atoms with Crippen LogP contribution in [0.25, 0.3) is 0 Å². The molecule has 0 fully saturated rings. The average Bonchev–Trinajstić information content (AvgIpc) is 2.56. The number of ether oxygens (including phenoxy) is 2. The van der Waals surface area contributed by atoms with E-state index in [1.807, 2.05) is 0 Å². The van der Waals surface area contributed by atoms with Gasteiger partial charge in [-0.2, -0.15) is 0 Å². The summed E-state index contributed by atoms with van der Waals surface area (Å²) in [7, 11) is 3.08. The zero-order valence-corrected chi connectivity index (χ0v) is 13.8. The van der Waals surface area contributed by atoms with Crippen LogP contribution in [0.2, 0.25) is 5.02 Å². The Hall–Kier alpha value is -2.27. The standard InChI is InChI=1S/C17H17ClFNO3/c1-10(11-4-7-15(22-2)16(8-11)23-3)20-17(21)13-9-12(18)5-6-14(13)19/h4-10H,1-3H3,(H,20,21). The fraction of sp³-hybridized carbons (Fsp3) is 0.235. The summed E-state index contributed by atoms with van der Waals surface area (Å²) in [6.45, 7) is 1.79. The van der Waals surface area contributed by atoms with Gasteiger partial charge in [-0.15, -0.1) is 0 Å². The summed E-state index contributed by atoms with van der Waals surface area (Å²) in [4.78, 5) is 12.2. The van der Waals surface area contributed by atoms with Crippen molar-refractivity contribution < 1.29 is 18.7 Å². The molecule has 1 N–H and O–H groups in total. The molecular formula is C17H17ClFNO3. The highest BCUT2D eigenvalue weighted by Crippen LogP contribution is 2.30. The maximum Gasteiger partial charge on any atom is 0.254 e. The van der Waals surface area contributed by atoms with E-state index >= 15 is 0 Å². The third-order valence-corrected chi connectivity index (χ3v) is 3.66. The fourth-order valence-electron chi connectivity index (χ4n) is 2.15. The fourth-order valence-corrected chi connectivity index (χ4v) is 2.32. The lowest BCUT2D eigenvalue weighted by Crippen LogP contribution is -2.27. The van der Waals surface area contributed by atoms with Gasteiger partial charge >= 0.3 is 0 Å². The minimum Gasteiger partial charge on any atom is -0.493 e. The number of hydrogen-bond acceptors (Lipinski definition) is 3. The largest absolute Gasteiger partial charge is 0.493 e. The molecule has 0 aromatic heterocycles. The molecular weight excluding hydrogens is 321 g/mol. The van der Waals surface area contributed by atoms with Crippen LogP contribution in [0.1, 0.15) is 28.9 Å². The number of amides is 1. The molecule has 2 rings (SSSR count). The first-order valence-electron chi connectivity index (χ1n) is 6.94. The van der Waals surface area contributed by atoms with Gasteiger partial charge in [0.2, 0.25) is 0 Å². The van der Waals surface area contributed by atoms with Crippen LogP contribution in [0, 0.1) is 5.82 Å². The summed E-state index contributed by atoms with van der Waals surface area (Å²) in [5, 5.41) is 3.04. The van der Waals surface area contributed by atoms with E-state index in [-0.39, 0.29) is 11.6 Å². The van der Waals surface area contributed by atoms with Crippen LogP contribution < -0.4 is 14.8 Å². The Kier molecular flexibility index (Phi) is 5.45. The molecule has 6 heteroatoms. The van der Waals surface area contributed by atoms with Crippen molar-refractivity contribution in [3.63, 3.8) is 0 Å². The molecule has 1 atom stereocenters. The second kappa shape index (κ2) is 7.33. The highest BCUT2D eigenvalue weighted by molar-refractivity contribution is 6.31. The molecule has 122 valence electrons. The zero-order valence-electron chi connectivity index (χ0n) is 13.0. The van der Waals surface area contributed by atoms with Crippen molar-refractivity contribution >= 4 is 17.5 Å². The molecule has 2 aromatic rings. The molecule has 0 heterocycles. The number of carbonyl (C=O) groups is 1. The Morgan fingerprint density at radius 3 is 2.48 bits per heavy atom. The number of carbonyl (C=O) groups excluding carboxylic acids is 1. The maximum atomic E-state index is 13.7. The highest BCUT2D eigenvalue weighted by atomic mass is 35.5. The first-order chi connectivity index (χ1) is 11.0. The molecule has 23 heavy (non-hydrogen) atoms. The number of rotatable bonds is 5. The summed E-state index contributed by atoms with van der Waals surface area (Å²) in [5.74, 6) is -0.00519. The number of hydrogen-bond donors (Lipinski definition) is 1. The lowest BCUT2D eigenvalue weighted by atomic mass is 10.1. The van der Waals surface area contributed by atoms with Gasteiger partial charge < -0.3 is 14.8 Å². The van der Waals surface area contributed by atoms with E-state index in [1.54, 1.807) is 32.2 Å². The number of benzene rings is 2. The van der Waals surface area contributed by atoms with Gasteiger partial charge in [-0.3, -0.25) is 4.79 Å². The number of methoxy groups -OCH3 is 2. The van der Waals surface area contributed by atoms with Crippen LogP contribution in [0.4, 0.5) is 4.39 Å². The first kappa shape index (κ1) is 17.1. The van der Waals surface area contributed by atoms with E-state index in [2.05, 4.69) is 5.32 Å². The molecule has 2 aromatic carbocycles. The minimum absolute atomic E-state index is 0.0928. The Bertz CT molecular complexity index is 721. The van der Waals surface area contributed by atoms with Crippen molar-refractivity contribution in [1.82, 2.24) is 5.32 Å². The molecule has 0 bridgehead atoms. The van der Waals surface area contributed by atoms with Gasteiger partial charge in [0.05, 0.1) is 25.8 Å². The van der Waals surface area contributed by atoms with Crippen LogP contribution in [0.15, 0.2) is 36.4 Å². The topological polar surface area (TPSA) is 47.6 Å². The summed E-state index contributed by atoms with van der Waals surface area (Å²) < 4.78 is 24.1. The smallest absolute Gasteiger partial charge is 0.254 e. The van der Waals surface area contributed by atoms with Crippen LogP contribution in [0.3, 0.4) is 0 Å². The predicted octanol–water partition coefficient (Wildman–Crippen LogP) is 3.99. The monoisotopic (exact) mass is 337 g/mol. The Morgan fingerprint density at radius 1 is 1.13 bits per heavy atom. The maximum absolute atomic E-state index is 13.7. The first-order valence-corrected chi connectivity index (χ1v) is 7.32. The summed E-state index contributed by atoms with van der Waals surface area (Å²) in [6.07, 6.45) is 0. The molecule has 4 nitrogen and oxygen atoms in total. The quantitative estimate of drug-likeness (QED) is 0.897. The molecule has 1 unspecified atom stereocenters. The third-order valence-electron chi connectivity index (χ3n) is 3.43. The predicted molar refractivity (Wildman–Crippen MR) is 86.8 cm³/mol. The second-order valence-corrected chi connectivity index (χ2v) is 5.37. The zero-order chi connectivity index (χ0) is 17.0. The van der Waals surface area contributed by atoms with Crippen LogP contribution in [-0.4, -0.2) is 20.1 Å². The molecule has 0 spiro atoms. The van der Waals surface area contributed by atoms with Crippen molar-refractivity contribution in [2.45, 2.75) is 13.0 Å². The normalized spacial score (nSPS) is 11.7. The molecule has 0 aliphatic carbocycles. The second-order valence-electron chi connectivity index (χ2n) is 4.93. The third kappa shape index (κ3) is 3.93. The molecule has 0 aliphatic heterocycles. The highest BCUT2D eigenvalue weighted by Gasteiger charge is 2.17. The SMILES string of the molecule is COc1ccc(C(C)NC(=O)c2cc(Cl)ccc2F)cc1OC. The summed E-state index contributed by atoms with van der Waals surface area (Å²) in [6, 6.07) is 8.83. The van der Waals surface area contributed by atoms with Gasteiger partial charge in [0.1, 0.15) is 5.82 Å². The molecule has 0 saturated carbocycles. The van der Waals surface area contributed by atoms with Crippen LogP contribution >= 0.6 is 11.6 Å². The van der Waals surface area contributed by atoms with Crippen molar-refractivity contribution in [1.29, 1.82) is 0 Å². The molecule has 0 aliphatic rings. The lowest BCUT2D eigenvalue weighted by Gasteiger charge is -2.17. The molecule has 0 saturated heterocycles. The minimum atomic E-state index is -0.619. The Balaban J connectivity index is 2.19. The van der Waals surface area contributed by atoms with Crippen molar-refractivity contribution in [2.75, 3.05) is 14.2 Å². The van der Waals surface area contributed by atoms with E-state index in [0.29, 0.717) is 16.5 Å². The average molecular weight is 338 g/mol. The number of nitrogens with one attached hydrogen (secondary N) is 1. The summed E-state index contributed by atoms with van der Waals surface area (Å²) >= 11 is 5.81. The van der Waals surface area contributed by atoms with Crippen molar-refractivity contribution in [3.05, 3.63) is 58.4 Å². The lowest BCUT2D eigenvalue weighted by molar-refractivity contribution is 0.0935. The van der Waals surface area contributed by atoms with Gasteiger partial charge in [0.25, 0.3) is 5.91 Å². The van der Waals surface area contributed by atoms with E-state index < -0.39 is 11.7 Å². The van der Waals surface area contributed by atoms with E-state index in [0.717, 1.165) is 5.56 Å². The van der Waals surface area contributed by atoms with Crippen LogP contribution in [-0.2, 0) is 0 Å². The van der Waals surface area contributed by atoms with Gasteiger partial charge in [-0.05, 0) is 42.8 Å². The Morgan fingerprint density at radius 2 is 1.83 bits per heavy atom. The van der Waals surface area contributed by atoms with E-state index in [1.165, 1.54) is 25.3 Å². The van der Waals surface area contributed by atoms with E-state index in [4.69, 9.17) is 21.1 Å².